The van der Waals surface area contributed by atoms with Gasteiger partial charge in [0.05, 0.1) is 11.9 Å². The SMILES string of the molecule is Cc1cc(-c2ccc(N(C)S(C)(=O)=O)cc2F)c(C)cc1-c1ccc(NC(C)C)nc1. The molecule has 164 valence electrons. The minimum Gasteiger partial charge on any atom is -0.368 e. The number of benzene rings is 2. The number of nitrogens with zero attached hydrogens (tertiary/aromatic N) is 2. The van der Waals surface area contributed by atoms with Crippen LogP contribution < -0.4 is 9.62 Å². The number of sulfonamides is 1. The van der Waals surface area contributed by atoms with Crippen LogP contribution in [-0.2, 0) is 10.0 Å². The van der Waals surface area contributed by atoms with E-state index in [1.54, 1.807) is 12.1 Å². The Bertz CT molecular complexity index is 1210. The summed E-state index contributed by atoms with van der Waals surface area (Å²) in [6.45, 7) is 8.05. The molecule has 3 rings (SSSR count). The van der Waals surface area contributed by atoms with Crippen molar-refractivity contribution in [2.24, 2.45) is 0 Å². The van der Waals surface area contributed by atoms with E-state index >= 15 is 0 Å². The molecule has 0 fully saturated rings. The molecule has 3 aromatic rings. The fourth-order valence-corrected chi connectivity index (χ4v) is 3.96. The number of halogens is 1. The summed E-state index contributed by atoms with van der Waals surface area (Å²) in [4.78, 5) is 4.48. The quantitative estimate of drug-likeness (QED) is 0.557. The van der Waals surface area contributed by atoms with E-state index < -0.39 is 15.8 Å². The monoisotopic (exact) mass is 441 g/mol. The lowest BCUT2D eigenvalue weighted by atomic mass is 9.92. The number of rotatable bonds is 6. The number of anilines is 2. The van der Waals surface area contributed by atoms with Crippen LogP contribution in [0.2, 0.25) is 0 Å². The summed E-state index contributed by atoms with van der Waals surface area (Å²) in [5, 5.41) is 3.27. The van der Waals surface area contributed by atoms with Gasteiger partial charge in [-0.1, -0.05) is 12.1 Å². The average Bonchev–Trinajstić information content (AvgIpc) is 2.68. The molecule has 0 saturated carbocycles. The van der Waals surface area contributed by atoms with Crippen LogP contribution in [0.5, 0.6) is 0 Å². The van der Waals surface area contributed by atoms with Gasteiger partial charge in [0.15, 0.2) is 0 Å². The van der Waals surface area contributed by atoms with Gasteiger partial charge in [0.25, 0.3) is 0 Å². The number of hydrogen-bond acceptors (Lipinski definition) is 4. The van der Waals surface area contributed by atoms with Crippen molar-refractivity contribution in [2.75, 3.05) is 22.9 Å². The molecule has 5 nitrogen and oxygen atoms in total. The Hall–Kier alpha value is -2.93. The second-order valence-corrected chi connectivity index (χ2v) is 10.1. The van der Waals surface area contributed by atoms with Crippen LogP contribution in [0, 0.1) is 19.7 Å². The number of hydrogen-bond donors (Lipinski definition) is 1. The van der Waals surface area contributed by atoms with Gasteiger partial charge in [-0.3, -0.25) is 4.31 Å². The van der Waals surface area contributed by atoms with Crippen molar-refractivity contribution in [1.29, 1.82) is 0 Å². The van der Waals surface area contributed by atoms with Crippen LogP contribution in [0.25, 0.3) is 22.3 Å². The Balaban J connectivity index is 1.97. The van der Waals surface area contributed by atoms with Gasteiger partial charge < -0.3 is 5.32 Å². The molecule has 1 aromatic heterocycles. The molecular formula is C24H28FN3O2S. The van der Waals surface area contributed by atoms with E-state index in [4.69, 9.17) is 0 Å². The molecule has 0 aliphatic heterocycles. The second kappa shape index (κ2) is 8.67. The predicted molar refractivity (Wildman–Crippen MR) is 127 cm³/mol. The lowest BCUT2D eigenvalue weighted by Crippen LogP contribution is -2.24. The number of aryl methyl sites for hydroxylation is 2. The van der Waals surface area contributed by atoms with E-state index in [9.17, 15) is 12.8 Å². The van der Waals surface area contributed by atoms with E-state index in [1.165, 1.54) is 13.1 Å². The molecule has 2 aromatic carbocycles. The molecular weight excluding hydrogens is 413 g/mol. The van der Waals surface area contributed by atoms with Crippen molar-refractivity contribution < 1.29 is 12.8 Å². The predicted octanol–water partition coefficient (Wildman–Crippen LogP) is 5.39. The smallest absolute Gasteiger partial charge is 0.231 e. The third-order valence-corrected chi connectivity index (χ3v) is 6.39. The average molecular weight is 442 g/mol. The molecule has 0 aliphatic rings. The molecule has 1 N–H and O–H groups in total. The summed E-state index contributed by atoms with van der Waals surface area (Å²) in [6.07, 6.45) is 2.92. The van der Waals surface area contributed by atoms with E-state index in [-0.39, 0.29) is 5.69 Å². The van der Waals surface area contributed by atoms with Gasteiger partial charge >= 0.3 is 0 Å². The van der Waals surface area contributed by atoms with E-state index in [0.717, 1.165) is 44.2 Å². The van der Waals surface area contributed by atoms with Crippen LogP contribution in [0.1, 0.15) is 25.0 Å². The molecule has 0 unspecified atom stereocenters. The van der Waals surface area contributed by atoms with Crippen molar-refractivity contribution in [3.05, 3.63) is 65.6 Å². The van der Waals surface area contributed by atoms with Gasteiger partial charge in [-0.15, -0.1) is 0 Å². The summed E-state index contributed by atoms with van der Waals surface area (Å²) in [5.41, 5.74) is 5.46. The Morgan fingerprint density at radius 3 is 2.16 bits per heavy atom. The number of pyridine rings is 1. The third kappa shape index (κ3) is 5.05. The standard InChI is InChI=1S/C24H28FN3O2S/c1-15(2)27-24-10-7-18(14-26-24)21-11-17(4)22(12-16(21)3)20-9-8-19(13-23(20)25)28(5)31(6,29)30/h7-15H,1-6H3,(H,26,27). The summed E-state index contributed by atoms with van der Waals surface area (Å²) < 4.78 is 39.5. The zero-order valence-corrected chi connectivity index (χ0v) is 19.5. The highest BCUT2D eigenvalue weighted by atomic mass is 32.2. The van der Waals surface area contributed by atoms with Crippen LogP contribution in [0.15, 0.2) is 48.7 Å². The van der Waals surface area contributed by atoms with Crippen molar-refractivity contribution in [3.8, 4) is 22.3 Å². The molecule has 1 heterocycles. The minimum atomic E-state index is -3.45. The van der Waals surface area contributed by atoms with Crippen LogP contribution in [-0.4, -0.2) is 32.7 Å². The van der Waals surface area contributed by atoms with E-state index in [2.05, 4.69) is 24.1 Å². The minimum absolute atomic E-state index is 0.288. The van der Waals surface area contributed by atoms with Gasteiger partial charge in [0, 0.05) is 30.4 Å². The first-order valence-corrected chi connectivity index (χ1v) is 11.9. The topological polar surface area (TPSA) is 62.3 Å². The highest BCUT2D eigenvalue weighted by Gasteiger charge is 2.16. The molecule has 0 radical (unpaired) electrons. The molecule has 7 heteroatoms. The Morgan fingerprint density at radius 1 is 0.968 bits per heavy atom. The van der Waals surface area contributed by atoms with Gasteiger partial charge in [-0.25, -0.2) is 17.8 Å². The maximum absolute atomic E-state index is 14.9. The normalized spacial score (nSPS) is 11.6. The van der Waals surface area contributed by atoms with Gasteiger partial charge in [-0.2, -0.15) is 0 Å². The Morgan fingerprint density at radius 2 is 1.61 bits per heavy atom. The Kier molecular flexibility index (Phi) is 6.36. The van der Waals surface area contributed by atoms with Gasteiger partial charge in [-0.05, 0) is 80.3 Å². The summed E-state index contributed by atoms with van der Waals surface area (Å²) in [7, 11) is -2.05. The maximum atomic E-state index is 14.9. The lowest BCUT2D eigenvalue weighted by Gasteiger charge is -2.18. The second-order valence-electron chi connectivity index (χ2n) is 8.11. The van der Waals surface area contributed by atoms with E-state index in [1.807, 2.05) is 44.3 Å². The fourth-order valence-electron chi connectivity index (χ4n) is 3.46. The lowest BCUT2D eigenvalue weighted by molar-refractivity contribution is 0.600. The largest absolute Gasteiger partial charge is 0.368 e. The van der Waals surface area contributed by atoms with Crippen LogP contribution in [0.4, 0.5) is 15.9 Å². The maximum Gasteiger partial charge on any atom is 0.231 e. The molecule has 0 aliphatic carbocycles. The Labute approximate surface area is 184 Å². The molecule has 0 saturated heterocycles. The van der Waals surface area contributed by atoms with E-state index in [0.29, 0.717) is 11.6 Å². The van der Waals surface area contributed by atoms with Gasteiger partial charge in [0.2, 0.25) is 10.0 Å². The first kappa shape index (κ1) is 22.7. The van der Waals surface area contributed by atoms with Crippen LogP contribution >= 0.6 is 0 Å². The summed E-state index contributed by atoms with van der Waals surface area (Å²) in [6, 6.07) is 12.8. The zero-order chi connectivity index (χ0) is 22.9. The first-order valence-electron chi connectivity index (χ1n) is 10.1. The highest BCUT2D eigenvalue weighted by molar-refractivity contribution is 7.92. The molecule has 0 spiro atoms. The zero-order valence-electron chi connectivity index (χ0n) is 18.7. The number of aromatic nitrogens is 1. The highest BCUT2D eigenvalue weighted by Crippen LogP contribution is 2.34. The first-order chi connectivity index (χ1) is 14.5. The van der Waals surface area contributed by atoms with Crippen molar-refractivity contribution in [1.82, 2.24) is 4.98 Å². The summed E-state index contributed by atoms with van der Waals surface area (Å²) >= 11 is 0. The van der Waals surface area contributed by atoms with Crippen LogP contribution in [0.3, 0.4) is 0 Å². The molecule has 0 amide bonds. The third-order valence-electron chi connectivity index (χ3n) is 5.19. The molecule has 0 atom stereocenters. The van der Waals surface area contributed by atoms with Crippen molar-refractivity contribution in [3.63, 3.8) is 0 Å². The van der Waals surface area contributed by atoms with Crippen molar-refractivity contribution >= 4 is 21.5 Å². The van der Waals surface area contributed by atoms with Gasteiger partial charge in [0.1, 0.15) is 11.6 Å². The summed E-state index contributed by atoms with van der Waals surface area (Å²) in [5.74, 6) is 0.361. The van der Waals surface area contributed by atoms with Crippen molar-refractivity contribution in [2.45, 2.75) is 33.7 Å². The number of nitrogens with one attached hydrogen (secondary N) is 1. The molecule has 31 heavy (non-hydrogen) atoms. The molecule has 0 bridgehead atoms. The fraction of sp³-hybridized carbons (Fsp3) is 0.292.